The first kappa shape index (κ1) is 26.7. The molecular formula is C44H27N3O. The largest absolute Gasteiger partial charge is 0.456 e. The fourth-order valence-electron chi connectivity index (χ4n) is 7.22. The molecule has 10 aromatic rings. The van der Waals surface area contributed by atoms with Crippen LogP contribution >= 0.6 is 0 Å². The lowest BCUT2D eigenvalue weighted by atomic mass is 9.97. The van der Waals surface area contributed by atoms with E-state index in [1.54, 1.807) is 0 Å². The van der Waals surface area contributed by atoms with Gasteiger partial charge in [-0.1, -0.05) is 133 Å². The summed E-state index contributed by atoms with van der Waals surface area (Å²) < 4.78 is 8.62. The first-order chi connectivity index (χ1) is 23.8. The van der Waals surface area contributed by atoms with Gasteiger partial charge in [-0.2, -0.15) is 0 Å². The molecule has 0 fully saturated rings. The van der Waals surface area contributed by atoms with Gasteiger partial charge in [-0.3, -0.25) is 4.57 Å². The van der Waals surface area contributed by atoms with Gasteiger partial charge in [0.2, 0.25) is 5.95 Å². The fourth-order valence-corrected chi connectivity index (χ4v) is 7.22. The van der Waals surface area contributed by atoms with Crippen LogP contribution in [-0.2, 0) is 0 Å². The van der Waals surface area contributed by atoms with Crippen molar-refractivity contribution < 1.29 is 4.42 Å². The predicted octanol–water partition coefficient (Wildman–Crippen LogP) is 11.6. The molecule has 0 aliphatic carbocycles. The van der Waals surface area contributed by atoms with Crippen LogP contribution in [0.25, 0.3) is 94.1 Å². The summed E-state index contributed by atoms with van der Waals surface area (Å²) >= 11 is 0. The quantitative estimate of drug-likeness (QED) is 0.198. The Kier molecular flexibility index (Phi) is 5.84. The van der Waals surface area contributed by atoms with Crippen molar-refractivity contribution in [3.63, 3.8) is 0 Å². The third-order valence-electron chi connectivity index (χ3n) is 9.40. The van der Waals surface area contributed by atoms with Crippen LogP contribution in [0.4, 0.5) is 0 Å². The number of para-hydroxylation sites is 2. The zero-order valence-electron chi connectivity index (χ0n) is 25.8. The van der Waals surface area contributed by atoms with E-state index in [2.05, 4.69) is 144 Å². The summed E-state index contributed by atoms with van der Waals surface area (Å²) in [5, 5.41) is 6.87. The standard InChI is InChI=1S/C44H27N3O/c1-3-13-28(14-4-1)37-27-38(29-15-5-2-6-16-29)46-44(45-37)47-39-26-31-18-8-7-17-30(31)25-36(39)34-22-11-21-33(43(34)47)32-20-12-24-41-42(32)35-19-9-10-23-40(35)48-41/h1-27H. The Labute approximate surface area is 276 Å². The molecule has 48 heavy (non-hydrogen) atoms. The normalized spacial score (nSPS) is 11.8. The van der Waals surface area contributed by atoms with Crippen LogP contribution in [0.3, 0.4) is 0 Å². The van der Waals surface area contributed by atoms with Crippen molar-refractivity contribution in [2.45, 2.75) is 0 Å². The Morgan fingerprint density at radius 2 is 1.02 bits per heavy atom. The fraction of sp³-hybridized carbons (Fsp3) is 0. The smallest absolute Gasteiger partial charge is 0.235 e. The molecule has 4 heteroatoms. The highest BCUT2D eigenvalue weighted by Crippen LogP contribution is 2.43. The van der Waals surface area contributed by atoms with E-state index in [4.69, 9.17) is 14.4 Å². The number of hydrogen-bond acceptors (Lipinski definition) is 3. The molecule has 0 N–H and O–H groups in total. The number of hydrogen-bond donors (Lipinski definition) is 0. The molecule has 4 nitrogen and oxygen atoms in total. The van der Waals surface area contributed by atoms with Crippen molar-refractivity contribution in [2.24, 2.45) is 0 Å². The van der Waals surface area contributed by atoms with E-state index < -0.39 is 0 Å². The summed E-state index contributed by atoms with van der Waals surface area (Å²) in [7, 11) is 0. The summed E-state index contributed by atoms with van der Waals surface area (Å²) in [6.07, 6.45) is 0. The number of rotatable bonds is 4. The van der Waals surface area contributed by atoms with E-state index in [0.29, 0.717) is 5.95 Å². The number of benzene rings is 7. The van der Waals surface area contributed by atoms with Crippen LogP contribution in [0.2, 0.25) is 0 Å². The zero-order valence-corrected chi connectivity index (χ0v) is 25.8. The van der Waals surface area contributed by atoms with Gasteiger partial charge in [0.25, 0.3) is 0 Å². The van der Waals surface area contributed by atoms with Crippen LogP contribution in [0.15, 0.2) is 168 Å². The maximum absolute atomic E-state index is 6.35. The number of furan rings is 1. The summed E-state index contributed by atoms with van der Waals surface area (Å²) in [5.41, 5.74) is 9.90. The van der Waals surface area contributed by atoms with Crippen molar-refractivity contribution >= 4 is 54.5 Å². The molecule has 0 aliphatic heterocycles. The van der Waals surface area contributed by atoms with Crippen molar-refractivity contribution in [1.82, 2.24) is 14.5 Å². The van der Waals surface area contributed by atoms with Crippen LogP contribution in [0.1, 0.15) is 0 Å². The maximum Gasteiger partial charge on any atom is 0.235 e. The average molecular weight is 614 g/mol. The Morgan fingerprint density at radius 3 is 1.77 bits per heavy atom. The van der Waals surface area contributed by atoms with Gasteiger partial charge in [-0.25, -0.2) is 9.97 Å². The first-order valence-corrected chi connectivity index (χ1v) is 16.2. The molecule has 0 radical (unpaired) electrons. The summed E-state index contributed by atoms with van der Waals surface area (Å²) in [6.45, 7) is 0. The number of nitrogens with zero attached hydrogens (tertiary/aromatic N) is 3. The summed E-state index contributed by atoms with van der Waals surface area (Å²) in [5.74, 6) is 0.627. The van der Waals surface area contributed by atoms with Crippen molar-refractivity contribution in [1.29, 1.82) is 0 Å². The molecule has 10 rings (SSSR count). The first-order valence-electron chi connectivity index (χ1n) is 16.2. The highest BCUT2D eigenvalue weighted by Gasteiger charge is 2.22. The Bertz CT molecular complexity index is 2770. The van der Waals surface area contributed by atoms with E-state index >= 15 is 0 Å². The topological polar surface area (TPSA) is 43.9 Å². The number of aromatic nitrogens is 3. The van der Waals surface area contributed by atoms with Crippen LogP contribution in [-0.4, -0.2) is 14.5 Å². The average Bonchev–Trinajstić information content (AvgIpc) is 3.70. The molecule has 0 saturated carbocycles. The van der Waals surface area contributed by atoms with Crippen molar-refractivity contribution in [3.05, 3.63) is 164 Å². The monoisotopic (exact) mass is 613 g/mol. The van der Waals surface area contributed by atoms with Gasteiger partial charge in [-0.15, -0.1) is 0 Å². The Hall–Kier alpha value is -6.52. The second-order valence-corrected chi connectivity index (χ2v) is 12.2. The van der Waals surface area contributed by atoms with E-state index in [1.165, 1.54) is 10.8 Å². The minimum Gasteiger partial charge on any atom is -0.456 e. The van der Waals surface area contributed by atoms with Gasteiger partial charge in [0.05, 0.1) is 22.4 Å². The molecule has 0 saturated heterocycles. The van der Waals surface area contributed by atoms with Gasteiger partial charge >= 0.3 is 0 Å². The highest BCUT2D eigenvalue weighted by atomic mass is 16.3. The van der Waals surface area contributed by atoms with Gasteiger partial charge < -0.3 is 4.42 Å². The predicted molar refractivity (Wildman–Crippen MR) is 197 cm³/mol. The third-order valence-corrected chi connectivity index (χ3v) is 9.40. The van der Waals surface area contributed by atoms with Gasteiger partial charge in [0, 0.05) is 38.2 Å². The molecule has 0 aliphatic rings. The van der Waals surface area contributed by atoms with Crippen molar-refractivity contribution in [3.8, 4) is 39.6 Å². The molecule has 0 atom stereocenters. The minimum atomic E-state index is 0.627. The molecule has 0 unspecified atom stereocenters. The lowest BCUT2D eigenvalue weighted by Crippen LogP contribution is -2.04. The Morgan fingerprint density at radius 1 is 0.438 bits per heavy atom. The van der Waals surface area contributed by atoms with E-state index in [1.807, 2.05) is 24.3 Å². The Balaban J connectivity index is 1.37. The van der Waals surface area contributed by atoms with Crippen LogP contribution in [0.5, 0.6) is 0 Å². The van der Waals surface area contributed by atoms with Gasteiger partial charge in [-0.05, 0) is 46.7 Å². The molecule has 0 bridgehead atoms. The van der Waals surface area contributed by atoms with Gasteiger partial charge in [0.1, 0.15) is 11.2 Å². The molecule has 3 heterocycles. The molecule has 0 spiro atoms. The van der Waals surface area contributed by atoms with E-state index in [9.17, 15) is 0 Å². The molecular weight excluding hydrogens is 587 g/mol. The van der Waals surface area contributed by atoms with Gasteiger partial charge in [0.15, 0.2) is 0 Å². The zero-order chi connectivity index (χ0) is 31.6. The lowest BCUT2D eigenvalue weighted by molar-refractivity contribution is 0.669. The van der Waals surface area contributed by atoms with Crippen molar-refractivity contribution in [2.75, 3.05) is 0 Å². The van der Waals surface area contributed by atoms with Crippen LogP contribution < -0.4 is 0 Å². The second kappa shape index (κ2) is 10.5. The lowest BCUT2D eigenvalue weighted by Gasteiger charge is -2.14. The highest BCUT2D eigenvalue weighted by molar-refractivity contribution is 6.20. The van der Waals surface area contributed by atoms with E-state index in [0.717, 1.165) is 77.4 Å². The minimum absolute atomic E-state index is 0.627. The molecule has 7 aromatic carbocycles. The van der Waals surface area contributed by atoms with E-state index in [-0.39, 0.29) is 0 Å². The molecule has 0 amide bonds. The molecule has 224 valence electrons. The summed E-state index contributed by atoms with van der Waals surface area (Å²) in [6, 6.07) is 57.2. The SMILES string of the molecule is c1ccc(-c2cc(-c3ccccc3)nc(-n3c4cc5ccccc5cc4c4cccc(-c5cccc6oc7ccccc7c56)c43)n2)cc1. The number of fused-ring (bicyclic) bond motifs is 7. The molecule has 3 aromatic heterocycles. The second-order valence-electron chi connectivity index (χ2n) is 12.2. The summed E-state index contributed by atoms with van der Waals surface area (Å²) in [4.78, 5) is 10.6. The maximum atomic E-state index is 6.35. The third kappa shape index (κ3) is 4.10. The van der Waals surface area contributed by atoms with Crippen LogP contribution in [0, 0.1) is 0 Å².